The number of benzene rings is 2. The zero-order chi connectivity index (χ0) is 21.8. The Kier molecular flexibility index (Phi) is 6.70. The monoisotopic (exact) mass is 483 g/mol. The van der Waals surface area contributed by atoms with Crippen LogP contribution in [-0.2, 0) is 0 Å². The number of hydrogen-bond acceptors (Lipinski definition) is 5. The van der Waals surface area contributed by atoms with Gasteiger partial charge in [-0.2, -0.15) is 9.78 Å². The molecular formula is C24H26BrN3O3. The molecule has 1 saturated carbocycles. The largest absolute Gasteiger partial charge is 0.493 e. The molecule has 1 aliphatic rings. The Morgan fingerprint density at radius 2 is 2.00 bits per heavy atom. The van der Waals surface area contributed by atoms with Crippen LogP contribution in [-0.4, -0.2) is 29.6 Å². The molecule has 162 valence electrons. The molecule has 0 aliphatic heterocycles. The van der Waals surface area contributed by atoms with Crippen LogP contribution in [0.4, 0.5) is 0 Å². The summed E-state index contributed by atoms with van der Waals surface area (Å²) in [5, 5.41) is 5.17. The fourth-order valence-corrected chi connectivity index (χ4v) is 4.67. The fraction of sp³-hybridized carbons (Fsp3) is 0.375. The third-order valence-electron chi connectivity index (χ3n) is 5.61. The summed E-state index contributed by atoms with van der Waals surface area (Å²) in [6.45, 7) is 2.46. The topological polar surface area (TPSA) is 65.7 Å². The van der Waals surface area contributed by atoms with E-state index in [1.54, 1.807) is 19.4 Å². The van der Waals surface area contributed by atoms with Gasteiger partial charge in [0.05, 0.1) is 35.3 Å². The lowest BCUT2D eigenvalue weighted by molar-refractivity contribution is 0.309. The van der Waals surface area contributed by atoms with E-state index in [-0.39, 0.29) is 11.5 Å². The van der Waals surface area contributed by atoms with Gasteiger partial charge in [-0.1, -0.05) is 31.4 Å². The molecule has 0 atom stereocenters. The maximum Gasteiger partial charge on any atom is 0.282 e. The Balaban J connectivity index is 1.80. The van der Waals surface area contributed by atoms with E-state index >= 15 is 0 Å². The summed E-state index contributed by atoms with van der Waals surface area (Å²) in [5.41, 5.74) is 1.38. The second-order valence-corrected chi connectivity index (χ2v) is 8.51. The van der Waals surface area contributed by atoms with E-state index in [4.69, 9.17) is 14.5 Å². The number of rotatable bonds is 6. The zero-order valence-corrected chi connectivity index (χ0v) is 19.4. The van der Waals surface area contributed by atoms with Gasteiger partial charge in [-0.25, -0.2) is 4.98 Å². The highest BCUT2D eigenvalue weighted by Crippen LogP contribution is 2.36. The van der Waals surface area contributed by atoms with Crippen LogP contribution in [0.2, 0.25) is 0 Å². The van der Waals surface area contributed by atoms with Crippen LogP contribution in [0.25, 0.3) is 10.9 Å². The summed E-state index contributed by atoms with van der Waals surface area (Å²) in [7, 11) is 1.60. The molecule has 6 nitrogen and oxygen atoms in total. The van der Waals surface area contributed by atoms with Crippen molar-refractivity contribution >= 4 is 33.0 Å². The summed E-state index contributed by atoms with van der Waals surface area (Å²) in [5.74, 6) is 2.24. The molecule has 0 amide bonds. The first-order valence-electron chi connectivity index (χ1n) is 10.7. The van der Waals surface area contributed by atoms with Gasteiger partial charge >= 0.3 is 0 Å². The number of hydrogen-bond donors (Lipinski definition) is 0. The zero-order valence-electron chi connectivity index (χ0n) is 17.8. The summed E-state index contributed by atoms with van der Waals surface area (Å²) in [6, 6.07) is 11.2. The van der Waals surface area contributed by atoms with Crippen molar-refractivity contribution in [2.75, 3.05) is 13.7 Å². The van der Waals surface area contributed by atoms with Crippen molar-refractivity contribution in [3.8, 4) is 11.5 Å². The SMILES string of the molecule is CCOc1c(Br)cc(C=Nn2c(C3CCCCC3)nc3ccccc3c2=O)cc1OC. The lowest BCUT2D eigenvalue weighted by Gasteiger charge is -2.22. The average Bonchev–Trinajstić information content (AvgIpc) is 2.80. The molecule has 1 heterocycles. The maximum absolute atomic E-state index is 13.3. The minimum atomic E-state index is -0.139. The van der Waals surface area contributed by atoms with Gasteiger partial charge in [-0.15, -0.1) is 0 Å². The van der Waals surface area contributed by atoms with Gasteiger partial charge in [0.1, 0.15) is 5.82 Å². The molecule has 0 unspecified atom stereocenters. The molecule has 1 fully saturated rings. The van der Waals surface area contributed by atoms with Gasteiger partial charge in [0.15, 0.2) is 11.5 Å². The van der Waals surface area contributed by atoms with Crippen LogP contribution in [0.5, 0.6) is 11.5 Å². The number of nitrogens with zero attached hydrogens (tertiary/aromatic N) is 3. The molecule has 4 rings (SSSR count). The van der Waals surface area contributed by atoms with Crippen LogP contribution in [0, 0.1) is 0 Å². The molecule has 0 bridgehead atoms. The quantitative estimate of drug-likeness (QED) is 0.434. The van der Waals surface area contributed by atoms with Crippen LogP contribution in [0.3, 0.4) is 0 Å². The van der Waals surface area contributed by atoms with E-state index in [1.165, 1.54) is 11.1 Å². The summed E-state index contributed by atoms with van der Waals surface area (Å²) >= 11 is 3.54. The molecule has 7 heteroatoms. The predicted octanol–water partition coefficient (Wildman–Crippen LogP) is 5.50. The Labute approximate surface area is 190 Å². The maximum atomic E-state index is 13.3. The van der Waals surface area contributed by atoms with E-state index in [0.717, 1.165) is 47.1 Å². The van der Waals surface area contributed by atoms with Crippen molar-refractivity contribution in [3.63, 3.8) is 0 Å². The van der Waals surface area contributed by atoms with Crippen molar-refractivity contribution in [3.05, 3.63) is 62.6 Å². The molecule has 3 aromatic rings. The molecule has 0 N–H and O–H groups in total. The van der Waals surface area contributed by atoms with Crippen LogP contribution in [0.1, 0.15) is 56.3 Å². The van der Waals surface area contributed by atoms with E-state index in [0.29, 0.717) is 23.5 Å². The first-order valence-corrected chi connectivity index (χ1v) is 11.5. The van der Waals surface area contributed by atoms with Crippen molar-refractivity contribution in [1.29, 1.82) is 0 Å². The number of para-hydroxylation sites is 1. The first-order chi connectivity index (χ1) is 15.1. The molecule has 0 radical (unpaired) electrons. The highest BCUT2D eigenvalue weighted by Gasteiger charge is 2.22. The van der Waals surface area contributed by atoms with Crippen molar-refractivity contribution in [2.24, 2.45) is 5.10 Å². The Morgan fingerprint density at radius 1 is 1.23 bits per heavy atom. The third kappa shape index (κ3) is 4.51. The first kappa shape index (κ1) is 21.6. The standard InChI is InChI=1S/C24H26BrN3O3/c1-3-31-22-19(25)13-16(14-21(22)30-2)15-26-28-23(17-9-5-4-6-10-17)27-20-12-8-7-11-18(20)24(28)29/h7-8,11-15,17H,3-6,9-10H2,1-2H3. The van der Waals surface area contributed by atoms with Gasteiger partial charge < -0.3 is 9.47 Å². The normalized spacial score (nSPS) is 14.9. The van der Waals surface area contributed by atoms with E-state index < -0.39 is 0 Å². The van der Waals surface area contributed by atoms with Gasteiger partial charge in [0.25, 0.3) is 5.56 Å². The Bertz CT molecular complexity index is 1170. The van der Waals surface area contributed by atoms with Crippen LogP contribution in [0.15, 0.2) is 50.8 Å². The highest BCUT2D eigenvalue weighted by atomic mass is 79.9. The van der Waals surface area contributed by atoms with E-state index in [1.807, 2.05) is 37.3 Å². The summed E-state index contributed by atoms with van der Waals surface area (Å²) in [6.07, 6.45) is 7.27. The van der Waals surface area contributed by atoms with Crippen molar-refractivity contribution < 1.29 is 9.47 Å². The number of fused-ring (bicyclic) bond motifs is 1. The Hall–Kier alpha value is -2.67. The lowest BCUT2D eigenvalue weighted by Crippen LogP contribution is -2.25. The van der Waals surface area contributed by atoms with Crippen molar-refractivity contribution in [2.45, 2.75) is 44.9 Å². The third-order valence-corrected chi connectivity index (χ3v) is 6.20. The second-order valence-electron chi connectivity index (χ2n) is 7.65. The van der Waals surface area contributed by atoms with E-state index in [2.05, 4.69) is 21.0 Å². The minimum Gasteiger partial charge on any atom is -0.493 e. The van der Waals surface area contributed by atoms with Gasteiger partial charge in [-0.3, -0.25) is 4.79 Å². The molecule has 2 aromatic carbocycles. The van der Waals surface area contributed by atoms with Crippen LogP contribution < -0.4 is 15.0 Å². The number of halogens is 1. The molecule has 31 heavy (non-hydrogen) atoms. The number of methoxy groups -OCH3 is 1. The molecule has 1 aromatic heterocycles. The van der Waals surface area contributed by atoms with E-state index in [9.17, 15) is 4.79 Å². The fourth-order valence-electron chi connectivity index (χ4n) is 4.10. The molecular weight excluding hydrogens is 458 g/mol. The minimum absolute atomic E-state index is 0.139. The summed E-state index contributed by atoms with van der Waals surface area (Å²) < 4.78 is 13.4. The van der Waals surface area contributed by atoms with Crippen molar-refractivity contribution in [1.82, 2.24) is 9.66 Å². The molecule has 0 saturated heterocycles. The van der Waals surface area contributed by atoms with Gasteiger partial charge in [-0.05, 0) is 65.5 Å². The second kappa shape index (κ2) is 9.64. The molecule has 0 spiro atoms. The smallest absolute Gasteiger partial charge is 0.282 e. The predicted molar refractivity (Wildman–Crippen MR) is 127 cm³/mol. The lowest BCUT2D eigenvalue weighted by atomic mass is 9.88. The highest BCUT2D eigenvalue weighted by molar-refractivity contribution is 9.10. The van der Waals surface area contributed by atoms with Gasteiger partial charge in [0.2, 0.25) is 0 Å². The number of ether oxygens (including phenoxy) is 2. The van der Waals surface area contributed by atoms with Crippen LogP contribution >= 0.6 is 15.9 Å². The molecule has 1 aliphatic carbocycles. The number of aromatic nitrogens is 2. The average molecular weight is 484 g/mol. The Morgan fingerprint density at radius 3 is 2.74 bits per heavy atom. The van der Waals surface area contributed by atoms with Gasteiger partial charge in [0, 0.05) is 5.92 Å². The summed E-state index contributed by atoms with van der Waals surface area (Å²) in [4.78, 5) is 18.2.